The Morgan fingerprint density at radius 2 is 1.96 bits per heavy atom. The summed E-state index contributed by atoms with van der Waals surface area (Å²) in [6.45, 7) is 3.61. The molecule has 0 radical (unpaired) electrons. The number of amides is 1. The van der Waals surface area contributed by atoms with Gasteiger partial charge < -0.3 is 24.0 Å². The Labute approximate surface area is 158 Å². The molecule has 0 bridgehead atoms. The first kappa shape index (κ1) is 17.6. The van der Waals surface area contributed by atoms with E-state index in [1.807, 2.05) is 30.3 Å². The highest BCUT2D eigenvalue weighted by atomic mass is 16.6. The van der Waals surface area contributed by atoms with Gasteiger partial charge in [0.25, 0.3) is 5.91 Å². The Bertz CT molecular complexity index is 807. The molecule has 1 aromatic heterocycles. The number of carbonyl (C=O) groups is 1. The summed E-state index contributed by atoms with van der Waals surface area (Å²) >= 11 is 0. The summed E-state index contributed by atoms with van der Waals surface area (Å²) in [5.41, 5.74) is 0.596. The average molecular weight is 369 g/mol. The lowest BCUT2D eigenvalue weighted by Crippen LogP contribution is -2.43. The Hall–Kier alpha value is -2.80. The number of anilines is 1. The van der Waals surface area contributed by atoms with Gasteiger partial charge in [-0.2, -0.15) is 0 Å². The SMILES string of the molecule is CN(CC1COc2ccccc2O1)C(=O)c1cccnc1N1CCOCC1. The van der Waals surface area contributed by atoms with Gasteiger partial charge in [0.15, 0.2) is 17.6 Å². The van der Waals surface area contributed by atoms with E-state index in [-0.39, 0.29) is 12.0 Å². The van der Waals surface area contributed by atoms with Crippen LogP contribution in [0, 0.1) is 0 Å². The van der Waals surface area contributed by atoms with Crippen molar-refractivity contribution in [3.8, 4) is 11.5 Å². The quantitative estimate of drug-likeness (QED) is 0.819. The van der Waals surface area contributed by atoms with Crippen LogP contribution in [0.1, 0.15) is 10.4 Å². The van der Waals surface area contributed by atoms with Gasteiger partial charge in [-0.25, -0.2) is 4.98 Å². The van der Waals surface area contributed by atoms with E-state index in [2.05, 4.69) is 9.88 Å². The van der Waals surface area contributed by atoms with Crippen LogP contribution < -0.4 is 14.4 Å². The Balaban J connectivity index is 1.45. The molecule has 2 aliphatic rings. The van der Waals surface area contributed by atoms with E-state index in [1.54, 1.807) is 24.2 Å². The van der Waals surface area contributed by atoms with Crippen molar-refractivity contribution in [2.45, 2.75) is 6.10 Å². The maximum Gasteiger partial charge on any atom is 0.257 e. The van der Waals surface area contributed by atoms with Crippen molar-refractivity contribution in [3.63, 3.8) is 0 Å². The summed E-state index contributed by atoms with van der Waals surface area (Å²) < 4.78 is 17.1. The van der Waals surface area contributed by atoms with Crippen LogP contribution in [-0.2, 0) is 4.74 Å². The lowest BCUT2D eigenvalue weighted by atomic mass is 10.2. The van der Waals surface area contributed by atoms with Crippen molar-refractivity contribution in [1.82, 2.24) is 9.88 Å². The molecule has 0 N–H and O–H groups in total. The Kier molecular flexibility index (Phi) is 5.11. The third kappa shape index (κ3) is 3.83. The van der Waals surface area contributed by atoms with Gasteiger partial charge in [0, 0.05) is 26.3 Å². The van der Waals surface area contributed by atoms with Crippen LogP contribution in [0.3, 0.4) is 0 Å². The monoisotopic (exact) mass is 369 g/mol. The fourth-order valence-corrected chi connectivity index (χ4v) is 3.34. The molecule has 2 aromatic rings. The number of pyridine rings is 1. The van der Waals surface area contributed by atoms with Crippen molar-refractivity contribution in [2.75, 3.05) is 51.4 Å². The maximum absolute atomic E-state index is 13.1. The maximum atomic E-state index is 13.1. The van der Waals surface area contributed by atoms with Crippen LogP contribution in [0.25, 0.3) is 0 Å². The van der Waals surface area contributed by atoms with Crippen LogP contribution in [-0.4, -0.2) is 68.4 Å². The molecule has 1 fully saturated rings. The van der Waals surface area contributed by atoms with E-state index in [4.69, 9.17) is 14.2 Å². The van der Waals surface area contributed by atoms with E-state index < -0.39 is 0 Å². The van der Waals surface area contributed by atoms with E-state index >= 15 is 0 Å². The van der Waals surface area contributed by atoms with Crippen molar-refractivity contribution >= 4 is 11.7 Å². The van der Waals surface area contributed by atoms with Gasteiger partial charge in [-0.15, -0.1) is 0 Å². The van der Waals surface area contributed by atoms with Crippen molar-refractivity contribution in [2.24, 2.45) is 0 Å². The number of rotatable bonds is 4. The number of aromatic nitrogens is 1. The molecule has 142 valence electrons. The minimum absolute atomic E-state index is 0.0768. The molecule has 27 heavy (non-hydrogen) atoms. The first-order valence-corrected chi connectivity index (χ1v) is 9.14. The van der Waals surface area contributed by atoms with E-state index in [0.29, 0.717) is 43.5 Å². The zero-order valence-electron chi connectivity index (χ0n) is 15.3. The van der Waals surface area contributed by atoms with E-state index in [9.17, 15) is 4.79 Å². The van der Waals surface area contributed by atoms with Gasteiger partial charge in [-0.05, 0) is 24.3 Å². The lowest BCUT2D eigenvalue weighted by molar-refractivity contribution is 0.0520. The summed E-state index contributed by atoms with van der Waals surface area (Å²) in [5, 5.41) is 0. The number of nitrogens with zero attached hydrogens (tertiary/aromatic N) is 3. The third-order valence-electron chi connectivity index (χ3n) is 4.72. The molecule has 0 aliphatic carbocycles. The van der Waals surface area contributed by atoms with Crippen LogP contribution in [0.4, 0.5) is 5.82 Å². The van der Waals surface area contributed by atoms with Gasteiger partial charge in [0.05, 0.1) is 25.3 Å². The molecule has 0 saturated carbocycles. The molecule has 0 spiro atoms. The van der Waals surface area contributed by atoms with Crippen LogP contribution in [0.15, 0.2) is 42.6 Å². The molecule has 2 aliphatic heterocycles. The number of carbonyl (C=O) groups excluding carboxylic acids is 1. The molecule has 4 rings (SSSR count). The zero-order chi connectivity index (χ0) is 18.6. The van der Waals surface area contributed by atoms with Crippen LogP contribution in [0.2, 0.25) is 0 Å². The Morgan fingerprint density at radius 1 is 1.19 bits per heavy atom. The Morgan fingerprint density at radius 3 is 2.78 bits per heavy atom. The zero-order valence-corrected chi connectivity index (χ0v) is 15.3. The summed E-state index contributed by atoms with van der Waals surface area (Å²) in [4.78, 5) is 21.3. The van der Waals surface area contributed by atoms with Crippen molar-refractivity contribution in [3.05, 3.63) is 48.2 Å². The molecular formula is C20H23N3O4. The highest BCUT2D eigenvalue weighted by molar-refractivity contribution is 5.98. The molecule has 1 atom stereocenters. The fourth-order valence-electron chi connectivity index (χ4n) is 3.34. The van der Waals surface area contributed by atoms with Gasteiger partial charge in [-0.1, -0.05) is 12.1 Å². The predicted molar refractivity (Wildman–Crippen MR) is 101 cm³/mol. The molecule has 1 saturated heterocycles. The number of morpholine rings is 1. The lowest BCUT2D eigenvalue weighted by Gasteiger charge is -2.31. The number of benzene rings is 1. The van der Waals surface area contributed by atoms with Gasteiger partial charge in [-0.3, -0.25) is 4.79 Å². The van der Waals surface area contributed by atoms with E-state index in [1.165, 1.54) is 0 Å². The highest BCUT2D eigenvalue weighted by Gasteiger charge is 2.26. The number of likely N-dealkylation sites (N-methyl/N-ethyl adjacent to an activating group) is 1. The second-order valence-electron chi connectivity index (χ2n) is 6.66. The van der Waals surface area contributed by atoms with Crippen LogP contribution >= 0.6 is 0 Å². The number of ether oxygens (including phenoxy) is 3. The van der Waals surface area contributed by atoms with Crippen LogP contribution in [0.5, 0.6) is 11.5 Å². The fraction of sp³-hybridized carbons (Fsp3) is 0.400. The molecule has 1 amide bonds. The largest absolute Gasteiger partial charge is 0.486 e. The number of hydrogen-bond donors (Lipinski definition) is 0. The summed E-state index contributed by atoms with van der Waals surface area (Å²) in [6, 6.07) is 11.2. The normalized spacial score (nSPS) is 18.9. The predicted octanol–water partition coefficient (Wildman–Crippen LogP) is 1.83. The first-order valence-electron chi connectivity index (χ1n) is 9.14. The summed E-state index contributed by atoms with van der Waals surface area (Å²) in [6.07, 6.45) is 1.51. The van der Waals surface area contributed by atoms with Crippen molar-refractivity contribution in [1.29, 1.82) is 0 Å². The molecular weight excluding hydrogens is 346 g/mol. The standard InChI is InChI=1S/C20H23N3O4/c1-22(13-15-14-26-17-6-2-3-7-18(17)27-15)20(24)16-5-4-8-21-19(16)23-9-11-25-12-10-23/h2-8,15H,9-14H2,1H3. The van der Waals surface area contributed by atoms with Crippen molar-refractivity contribution < 1.29 is 19.0 Å². The number of fused-ring (bicyclic) bond motifs is 1. The van der Waals surface area contributed by atoms with E-state index in [0.717, 1.165) is 18.8 Å². The minimum atomic E-state index is -0.211. The highest BCUT2D eigenvalue weighted by Crippen LogP contribution is 2.31. The third-order valence-corrected chi connectivity index (χ3v) is 4.72. The average Bonchev–Trinajstić information content (AvgIpc) is 2.73. The first-order chi connectivity index (χ1) is 13.2. The summed E-state index contributed by atoms with van der Waals surface area (Å²) in [5.74, 6) is 2.09. The number of hydrogen-bond acceptors (Lipinski definition) is 6. The van der Waals surface area contributed by atoms with Gasteiger partial charge in [0.2, 0.25) is 0 Å². The second kappa shape index (κ2) is 7.84. The minimum Gasteiger partial charge on any atom is -0.486 e. The van der Waals surface area contributed by atoms with Gasteiger partial charge in [0.1, 0.15) is 12.4 Å². The molecule has 3 heterocycles. The molecule has 7 nitrogen and oxygen atoms in total. The smallest absolute Gasteiger partial charge is 0.257 e. The van der Waals surface area contributed by atoms with Gasteiger partial charge >= 0.3 is 0 Å². The summed E-state index contributed by atoms with van der Waals surface area (Å²) in [7, 11) is 1.78. The molecule has 1 unspecified atom stereocenters. The second-order valence-corrected chi connectivity index (χ2v) is 6.66. The molecule has 1 aromatic carbocycles. The molecule has 7 heteroatoms. The number of para-hydroxylation sites is 2. The topological polar surface area (TPSA) is 64.1 Å².